The molecule has 1 aromatic carbocycles. The molecule has 0 heterocycles. The molecule has 0 atom stereocenters. The highest BCUT2D eigenvalue weighted by molar-refractivity contribution is 5.88. The average molecular weight is 253 g/mol. The zero-order valence-electron chi connectivity index (χ0n) is 8.61. The van der Waals surface area contributed by atoms with E-state index >= 15 is 0 Å². The number of carbonyl (C=O) groups excluding carboxylic acids is 1. The van der Waals surface area contributed by atoms with Crippen molar-refractivity contribution in [1.82, 2.24) is 0 Å². The SMILES string of the molecule is CC(=O)Nc1ccc(C(F)(F)C(F)(F)F)cc1. The summed E-state index contributed by atoms with van der Waals surface area (Å²) in [7, 11) is 0. The average Bonchev–Trinajstić information content (AvgIpc) is 2.15. The first-order valence-electron chi connectivity index (χ1n) is 4.47. The Labute approximate surface area is 93.4 Å². The van der Waals surface area contributed by atoms with Crippen LogP contribution in [-0.4, -0.2) is 12.1 Å². The Kier molecular flexibility index (Phi) is 3.40. The molecule has 1 rings (SSSR count). The predicted octanol–water partition coefficient (Wildman–Crippen LogP) is 3.30. The van der Waals surface area contributed by atoms with Gasteiger partial charge in [-0.3, -0.25) is 4.79 Å². The largest absolute Gasteiger partial charge is 0.458 e. The molecule has 0 radical (unpaired) electrons. The highest BCUT2D eigenvalue weighted by atomic mass is 19.4. The third kappa shape index (κ3) is 2.92. The van der Waals surface area contributed by atoms with E-state index in [1.165, 1.54) is 6.92 Å². The minimum absolute atomic E-state index is 0.152. The van der Waals surface area contributed by atoms with Crippen LogP contribution in [0.15, 0.2) is 24.3 Å². The second-order valence-corrected chi connectivity index (χ2v) is 3.33. The lowest BCUT2D eigenvalue weighted by Crippen LogP contribution is -2.33. The van der Waals surface area contributed by atoms with Crippen molar-refractivity contribution >= 4 is 11.6 Å². The second-order valence-electron chi connectivity index (χ2n) is 3.33. The maximum Gasteiger partial charge on any atom is 0.458 e. The van der Waals surface area contributed by atoms with Gasteiger partial charge in [0.15, 0.2) is 0 Å². The monoisotopic (exact) mass is 253 g/mol. The van der Waals surface area contributed by atoms with Gasteiger partial charge in [-0.15, -0.1) is 0 Å². The fraction of sp³-hybridized carbons (Fsp3) is 0.300. The summed E-state index contributed by atoms with van der Waals surface area (Å²) in [5, 5.41) is 2.26. The van der Waals surface area contributed by atoms with Gasteiger partial charge in [-0.05, 0) is 12.1 Å². The van der Waals surface area contributed by atoms with Crippen LogP contribution in [0.4, 0.5) is 27.6 Å². The molecule has 7 heteroatoms. The number of carbonyl (C=O) groups is 1. The highest BCUT2D eigenvalue weighted by Gasteiger charge is 2.58. The van der Waals surface area contributed by atoms with Gasteiger partial charge in [0, 0.05) is 18.2 Å². The molecule has 0 fully saturated rings. The van der Waals surface area contributed by atoms with Gasteiger partial charge in [0.2, 0.25) is 5.91 Å². The van der Waals surface area contributed by atoms with Gasteiger partial charge in [0.05, 0.1) is 0 Å². The van der Waals surface area contributed by atoms with Crippen molar-refractivity contribution in [2.75, 3.05) is 5.32 Å². The predicted molar refractivity (Wildman–Crippen MR) is 50.7 cm³/mol. The third-order valence-corrected chi connectivity index (χ3v) is 1.92. The fourth-order valence-corrected chi connectivity index (χ4v) is 1.13. The number of rotatable bonds is 2. The molecule has 1 aromatic rings. The number of alkyl halides is 5. The van der Waals surface area contributed by atoms with E-state index in [4.69, 9.17) is 0 Å². The molecule has 1 amide bonds. The quantitative estimate of drug-likeness (QED) is 0.805. The van der Waals surface area contributed by atoms with Gasteiger partial charge in [0.1, 0.15) is 0 Å². The van der Waals surface area contributed by atoms with Gasteiger partial charge in [-0.2, -0.15) is 22.0 Å². The molecule has 0 saturated heterocycles. The Bertz CT molecular complexity index is 410. The summed E-state index contributed by atoms with van der Waals surface area (Å²) in [4.78, 5) is 10.6. The van der Waals surface area contributed by atoms with E-state index in [1.807, 2.05) is 0 Å². The molecule has 17 heavy (non-hydrogen) atoms. The Morgan fingerprint density at radius 2 is 1.53 bits per heavy atom. The summed E-state index contributed by atoms with van der Waals surface area (Å²) in [6, 6.07) is 3.21. The Hall–Kier alpha value is -1.66. The van der Waals surface area contributed by atoms with E-state index in [-0.39, 0.29) is 5.69 Å². The topological polar surface area (TPSA) is 29.1 Å². The van der Waals surface area contributed by atoms with Crippen LogP contribution in [0.3, 0.4) is 0 Å². The van der Waals surface area contributed by atoms with Crippen molar-refractivity contribution in [2.24, 2.45) is 0 Å². The van der Waals surface area contributed by atoms with Crippen molar-refractivity contribution in [3.8, 4) is 0 Å². The van der Waals surface area contributed by atoms with Crippen LogP contribution < -0.4 is 5.32 Å². The fourth-order valence-electron chi connectivity index (χ4n) is 1.13. The normalized spacial score (nSPS) is 12.4. The lowest BCUT2D eigenvalue weighted by atomic mass is 10.1. The molecule has 0 aliphatic heterocycles. The molecule has 0 unspecified atom stereocenters. The summed E-state index contributed by atoms with van der Waals surface area (Å²) >= 11 is 0. The van der Waals surface area contributed by atoms with E-state index < -0.39 is 23.6 Å². The molecular weight excluding hydrogens is 245 g/mol. The van der Waals surface area contributed by atoms with Crippen LogP contribution in [0.1, 0.15) is 12.5 Å². The summed E-state index contributed by atoms with van der Waals surface area (Å²) in [5.41, 5.74) is -1.02. The van der Waals surface area contributed by atoms with Gasteiger partial charge in [-0.1, -0.05) is 12.1 Å². The number of amides is 1. The van der Waals surface area contributed by atoms with E-state index in [0.29, 0.717) is 12.1 Å². The summed E-state index contributed by atoms with van der Waals surface area (Å²) in [6.45, 7) is 1.19. The standard InChI is InChI=1S/C10H8F5NO/c1-6(17)16-8-4-2-7(3-5-8)9(11,12)10(13,14)15/h2-5H,1H3,(H,16,17). The Morgan fingerprint density at radius 1 is 1.06 bits per heavy atom. The summed E-state index contributed by atoms with van der Waals surface area (Å²) in [5.74, 6) is -5.35. The third-order valence-electron chi connectivity index (χ3n) is 1.92. The van der Waals surface area contributed by atoms with E-state index in [2.05, 4.69) is 5.32 Å². The smallest absolute Gasteiger partial charge is 0.326 e. The molecule has 0 bridgehead atoms. The first-order valence-corrected chi connectivity index (χ1v) is 4.47. The van der Waals surface area contributed by atoms with Crippen LogP contribution in [-0.2, 0) is 10.7 Å². The van der Waals surface area contributed by atoms with Crippen molar-refractivity contribution in [2.45, 2.75) is 19.0 Å². The zero-order valence-corrected chi connectivity index (χ0v) is 8.61. The minimum Gasteiger partial charge on any atom is -0.326 e. The molecule has 94 valence electrons. The second kappa shape index (κ2) is 4.31. The van der Waals surface area contributed by atoms with Gasteiger partial charge in [-0.25, -0.2) is 0 Å². The minimum atomic E-state index is -5.64. The number of hydrogen-bond acceptors (Lipinski definition) is 1. The number of nitrogens with one attached hydrogen (secondary N) is 1. The van der Waals surface area contributed by atoms with Crippen molar-refractivity contribution in [3.63, 3.8) is 0 Å². The molecule has 1 N–H and O–H groups in total. The maximum absolute atomic E-state index is 12.8. The zero-order chi connectivity index (χ0) is 13.3. The van der Waals surface area contributed by atoms with Crippen molar-refractivity contribution in [3.05, 3.63) is 29.8 Å². The first-order chi connectivity index (χ1) is 7.64. The number of anilines is 1. The molecule has 2 nitrogen and oxygen atoms in total. The molecule has 0 saturated carbocycles. The Balaban J connectivity index is 2.99. The number of hydrogen-bond donors (Lipinski definition) is 1. The summed E-state index contributed by atoms with van der Waals surface area (Å²) in [6.07, 6.45) is -5.64. The van der Waals surface area contributed by atoms with E-state index in [1.54, 1.807) is 0 Å². The van der Waals surface area contributed by atoms with Crippen LogP contribution in [0.25, 0.3) is 0 Å². The maximum atomic E-state index is 12.8. The van der Waals surface area contributed by atoms with Crippen LogP contribution >= 0.6 is 0 Å². The number of halogens is 5. The molecule has 0 aromatic heterocycles. The van der Waals surface area contributed by atoms with Gasteiger partial charge in [0.25, 0.3) is 0 Å². The molecular formula is C10H8F5NO. The molecule has 0 aliphatic carbocycles. The highest BCUT2D eigenvalue weighted by Crippen LogP contribution is 2.43. The van der Waals surface area contributed by atoms with Gasteiger partial charge >= 0.3 is 12.1 Å². The van der Waals surface area contributed by atoms with Crippen molar-refractivity contribution in [1.29, 1.82) is 0 Å². The lowest BCUT2D eigenvalue weighted by Gasteiger charge is -2.19. The summed E-state index contributed by atoms with van der Waals surface area (Å²) < 4.78 is 61.7. The van der Waals surface area contributed by atoms with E-state index in [0.717, 1.165) is 12.1 Å². The first kappa shape index (κ1) is 13.4. The van der Waals surface area contributed by atoms with Crippen LogP contribution in [0, 0.1) is 0 Å². The van der Waals surface area contributed by atoms with Crippen LogP contribution in [0.5, 0.6) is 0 Å². The molecule has 0 spiro atoms. The van der Waals surface area contributed by atoms with Crippen molar-refractivity contribution < 1.29 is 26.7 Å². The Morgan fingerprint density at radius 3 is 1.88 bits per heavy atom. The van der Waals surface area contributed by atoms with Gasteiger partial charge < -0.3 is 5.32 Å². The van der Waals surface area contributed by atoms with Crippen LogP contribution in [0.2, 0.25) is 0 Å². The molecule has 0 aliphatic rings. The van der Waals surface area contributed by atoms with E-state index in [9.17, 15) is 26.7 Å². The number of benzene rings is 1. The lowest BCUT2D eigenvalue weighted by molar-refractivity contribution is -0.289.